The SMILES string of the molecule is CN=C(NCc1cccnc1OCc1ccccc1)NCc1sc(C)nc1C.I. The highest BCUT2D eigenvalue weighted by atomic mass is 127. The van der Waals surface area contributed by atoms with Crippen LogP contribution < -0.4 is 15.4 Å². The van der Waals surface area contributed by atoms with Crippen LogP contribution in [-0.4, -0.2) is 23.0 Å². The number of hydrogen-bond acceptors (Lipinski definition) is 5. The Balaban J connectivity index is 0.00000300. The summed E-state index contributed by atoms with van der Waals surface area (Å²) < 4.78 is 5.92. The molecule has 0 spiro atoms. The average molecular weight is 523 g/mol. The van der Waals surface area contributed by atoms with Crippen LogP contribution in [0.3, 0.4) is 0 Å². The molecule has 3 rings (SSSR count). The minimum absolute atomic E-state index is 0. The summed E-state index contributed by atoms with van der Waals surface area (Å²) in [6.07, 6.45) is 1.74. The van der Waals surface area contributed by atoms with Crippen LogP contribution in [0.5, 0.6) is 5.88 Å². The predicted molar refractivity (Wildman–Crippen MR) is 129 cm³/mol. The second-order valence-electron chi connectivity index (χ2n) is 6.26. The molecule has 0 bridgehead atoms. The van der Waals surface area contributed by atoms with Crippen molar-refractivity contribution in [3.05, 3.63) is 75.4 Å². The lowest BCUT2D eigenvalue weighted by Crippen LogP contribution is -2.36. The zero-order chi connectivity index (χ0) is 19.8. The van der Waals surface area contributed by atoms with Crippen molar-refractivity contribution >= 4 is 41.3 Å². The van der Waals surface area contributed by atoms with E-state index in [1.54, 1.807) is 24.6 Å². The topological polar surface area (TPSA) is 71.4 Å². The monoisotopic (exact) mass is 523 g/mol. The van der Waals surface area contributed by atoms with Gasteiger partial charge in [0.05, 0.1) is 17.2 Å². The molecule has 0 aliphatic carbocycles. The molecule has 0 aliphatic rings. The van der Waals surface area contributed by atoms with E-state index in [0.717, 1.165) is 27.8 Å². The number of aliphatic imine (C=N–C) groups is 1. The minimum atomic E-state index is 0. The van der Waals surface area contributed by atoms with Gasteiger partial charge in [-0.05, 0) is 25.5 Å². The number of pyridine rings is 1. The number of guanidine groups is 1. The Morgan fingerprint density at radius 3 is 2.52 bits per heavy atom. The molecule has 2 heterocycles. The van der Waals surface area contributed by atoms with E-state index in [4.69, 9.17) is 4.74 Å². The second-order valence-corrected chi connectivity index (χ2v) is 7.55. The van der Waals surface area contributed by atoms with Gasteiger partial charge in [-0.25, -0.2) is 9.97 Å². The van der Waals surface area contributed by atoms with Crippen molar-refractivity contribution in [2.24, 2.45) is 4.99 Å². The van der Waals surface area contributed by atoms with Gasteiger partial charge in [-0.3, -0.25) is 4.99 Å². The van der Waals surface area contributed by atoms with Crippen LogP contribution in [-0.2, 0) is 19.7 Å². The number of ether oxygens (including phenoxy) is 1. The number of aromatic nitrogens is 2. The molecule has 6 nitrogen and oxygen atoms in total. The molecule has 0 saturated heterocycles. The van der Waals surface area contributed by atoms with Gasteiger partial charge in [0.1, 0.15) is 6.61 Å². The number of nitrogens with one attached hydrogen (secondary N) is 2. The van der Waals surface area contributed by atoms with Crippen molar-refractivity contribution in [1.82, 2.24) is 20.6 Å². The summed E-state index contributed by atoms with van der Waals surface area (Å²) in [5, 5.41) is 7.74. The number of thiazole rings is 1. The molecule has 2 aromatic heterocycles. The summed E-state index contributed by atoms with van der Waals surface area (Å²) in [7, 11) is 1.76. The average Bonchev–Trinajstić information content (AvgIpc) is 3.05. The molecule has 29 heavy (non-hydrogen) atoms. The Morgan fingerprint density at radius 1 is 1.07 bits per heavy atom. The van der Waals surface area contributed by atoms with Crippen molar-refractivity contribution in [3.63, 3.8) is 0 Å². The normalized spacial score (nSPS) is 10.9. The molecule has 0 unspecified atom stereocenters. The fourth-order valence-corrected chi connectivity index (χ4v) is 3.59. The zero-order valence-corrected chi connectivity index (χ0v) is 20.0. The smallest absolute Gasteiger partial charge is 0.218 e. The Bertz CT molecular complexity index is 930. The number of halogens is 1. The van der Waals surface area contributed by atoms with Crippen LogP contribution in [0.4, 0.5) is 0 Å². The quantitative estimate of drug-likeness (QED) is 0.276. The molecule has 8 heteroatoms. The van der Waals surface area contributed by atoms with Crippen molar-refractivity contribution < 1.29 is 4.74 Å². The molecular weight excluding hydrogens is 497 g/mol. The molecular formula is C21H26IN5OS. The molecule has 0 amide bonds. The van der Waals surface area contributed by atoms with E-state index in [1.807, 2.05) is 56.3 Å². The first-order valence-corrected chi connectivity index (χ1v) is 9.95. The summed E-state index contributed by atoms with van der Waals surface area (Å²) in [4.78, 5) is 14.3. The van der Waals surface area contributed by atoms with Gasteiger partial charge in [-0.1, -0.05) is 36.4 Å². The van der Waals surface area contributed by atoms with Gasteiger partial charge in [-0.15, -0.1) is 35.3 Å². The lowest BCUT2D eigenvalue weighted by Gasteiger charge is -2.14. The van der Waals surface area contributed by atoms with Gasteiger partial charge in [-0.2, -0.15) is 0 Å². The fraction of sp³-hybridized carbons (Fsp3) is 0.286. The van der Waals surface area contributed by atoms with E-state index in [9.17, 15) is 0 Å². The third kappa shape index (κ3) is 6.97. The van der Waals surface area contributed by atoms with Crippen LogP contribution in [0.25, 0.3) is 0 Å². The van der Waals surface area contributed by atoms with Gasteiger partial charge < -0.3 is 15.4 Å². The molecule has 0 radical (unpaired) electrons. The van der Waals surface area contributed by atoms with Gasteiger partial charge in [0, 0.05) is 30.2 Å². The van der Waals surface area contributed by atoms with Crippen LogP contribution in [0, 0.1) is 13.8 Å². The maximum absolute atomic E-state index is 5.92. The Morgan fingerprint density at radius 2 is 1.83 bits per heavy atom. The van der Waals surface area contributed by atoms with E-state index in [-0.39, 0.29) is 24.0 Å². The Hall–Kier alpha value is -2.20. The molecule has 1 aromatic carbocycles. The van der Waals surface area contributed by atoms with E-state index >= 15 is 0 Å². The maximum Gasteiger partial charge on any atom is 0.218 e. The van der Waals surface area contributed by atoms with Gasteiger partial charge in [0.15, 0.2) is 5.96 Å². The summed E-state index contributed by atoms with van der Waals surface area (Å²) in [6.45, 7) is 5.80. The van der Waals surface area contributed by atoms with Crippen LogP contribution in [0.2, 0.25) is 0 Å². The molecule has 0 aliphatic heterocycles. The lowest BCUT2D eigenvalue weighted by molar-refractivity contribution is 0.290. The van der Waals surface area contributed by atoms with Gasteiger partial charge in [0.2, 0.25) is 5.88 Å². The molecule has 0 atom stereocenters. The number of rotatable bonds is 7. The largest absolute Gasteiger partial charge is 0.473 e. The first-order valence-electron chi connectivity index (χ1n) is 9.13. The molecule has 0 saturated carbocycles. The summed E-state index contributed by atoms with van der Waals surface area (Å²) >= 11 is 1.70. The van der Waals surface area contributed by atoms with E-state index in [1.165, 1.54) is 4.88 Å². The van der Waals surface area contributed by atoms with E-state index in [2.05, 4.69) is 25.6 Å². The van der Waals surface area contributed by atoms with Crippen molar-refractivity contribution in [2.45, 2.75) is 33.5 Å². The van der Waals surface area contributed by atoms with Gasteiger partial charge in [0.25, 0.3) is 0 Å². The summed E-state index contributed by atoms with van der Waals surface area (Å²) in [5.74, 6) is 1.35. The molecule has 154 valence electrons. The van der Waals surface area contributed by atoms with Gasteiger partial charge >= 0.3 is 0 Å². The van der Waals surface area contributed by atoms with Crippen LogP contribution in [0.15, 0.2) is 53.7 Å². The van der Waals surface area contributed by atoms with Crippen molar-refractivity contribution in [3.8, 4) is 5.88 Å². The fourth-order valence-electron chi connectivity index (χ4n) is 2.72. The Kier molecular flexibility index (Phi) is 9.33. The van der Waals surface area contributed by atoms with E-state index < -0.39 is 0 Å². The molecule has 0 fully saturated rings. The summed E-state index contributed by atoms with van der Waals surface area (Å²) in [6, 6.07) is 14.0. The van der Waals surface area contributed by atoms with Crippen LogP contribution in [0.1, 0.15) is 26.7 Å². The second kappa shape index (κ2) is 11.7. The third-order valence-electron chi connectivity index (χ3n) is 4.15. The van der Waals surface area contributed by atoms with Crippen LogP contribution >= 0.6 is 35.3 Å². The maximum atomic E-state index is 5.92. The van der Waals surface area contributed by atoms with Crippen molar-refractivity contribution in [1.29, 1.82) is 0 Å². The molecule has 3 aromatic rings. The van der Waals surface area contributed by atoms with Crippen molar-refractivity contribution in [2.75, 3.05) is 7.05 Å². The third-order valence-corrected chi connectivity index (χ3v) is 5.23. The van der Waals surface area contributed by atoms with E-state index in [0.29, 0.717) is 25.6 Å². The number of nitrogens with zero attached hydrogens (tertiary/aromatic N) is 3. The first-order chi connectivity index (χ1) is 13.7. The number of aryl methyl sites for hydroxylation is 2. The zero-order valence-electron chi connectivity index (χ0n) is 16.8. The number of hydrogen-bond donors (Lipinski definition) is 2. The first kappa shape index (κ1) is 23.1. The predicted octanol–water partition coefficient (Wildman–Crippen LogP) is 4.22. The molecule has 2 N–H and O–H groups in total. The Labute approximate surface area is 192 Å². The highest BCUT2D eigenvalue weighted by Crippen LogP contribution is 2.17. The lowest BCUT2D eigenvalue weighted by atomic mass is 10.2. The highest BCUT2D eigenvalue weighted by Gasteiger charge is 2.08. The highest BCUT2D eigenvalue weighted by molar-refractivity contribution is 14.0. The summed E-state index contributed by atoms with van der Waals surface area (Å²) in [5.41, 5.74) is 3.15. The standard InChI is InChI=1S/C21H25N5OS.HI/c1-15-19(28-16(2)26-15)13-25-21(22-3)24-12-18-10-7-11-23-20(18)27-14-17-8-5-4-6-9-17;/h4-11H,12-14H2,1-3H3,(H2,22,24,25);1H. The minimum Gasteiger partial charge on any atom is -0.473 e. The number of benzene rings is 1.